The molecule has 18 heavy (non-hydrogen) atoms. The number of carbonyl (C=O) groups is 1. The van der Waals surface area contributed by atoms with Crippen LogP contribution in [-0.2, 0) is 4.74 Å². The summed E-state index contributed by atoms with van der Waals surface area (Å²) in [5.74, 6) is 1.73. The van der Waals surface area contributed by atoms with Crippen molar-refractivity contribution in [2.75, 3.05) is 0 Å². The zero-order chi connectivity index (χ0) is 13.0. The zero-order valence-electron chi connectivity index (χ0n) is 9.78. The van der Waals surface area contributed by atoms with Gasteiger partial charge in [-0.15, -0.1) is 11.5 Å². The molecule has 0 aliphatic rings. The second-order valence-corrected chi connectivity index (χ2v) is 3.57. The second kappa shape index (κ2) is 5.15. The molecule has 0 saturated carbocycles. The predicted molar refractivity (Wildman–Crippen MR) is 65.1 cm³/mol. The summed E-state index contributed by atoms with van der Waals surface area (Å²) in [4.78, 5) is 13.0. The van der Waals surface area contributed by atoms with Gasteiger partial charge in [0.1, 0.15) is 0 Å². The Kier molecular flexibility index (Phi) is 3.39. The molecule has 0 aliphatic carbocycles. The SMILES string of the molecule is C#C[C@@H](C)OC(=O)c1cnn(-c2ccccc2)n1. The molecule has 1 heterocycles. The van der Waals surface area contributed by atoms with Crippen LogP contribution in [-0.4, -0.2) is 27.1 Å². The van der Waals surface area contributed by atoms with Gasteiger partial charge in [0.2, 0.25) is 0 Å². The van der Waals surface area contributed by atoms with E-state index in [4.69, 9.17) is 11.2 Å². The van der Waals surface area contributed by atoms with Crippen LogP contribution in [0.5, 0.6) is 0 Å². The van der Waals surface area contributed by atoms with Gasteiger partial charge in [0, 0.05) is 0 Å². The van der Waals surface area contributed by atoms with Gasteiger partial charge in [0.15, 0.2) is 11.8 Å². The van der Waals surface area contributed by atoms with Crippen LogP contribution in [0.25, 0.3) is 5.69 Å². The average Bonchev–Trinajstić information content (AvgIpc) is 2.89. The summed E-state index contributed by atoms with van der Waals surface area (Å²) in [5, 5.41) is 8.02. The van der Waals surface area contributed by atoms with Crippen molar-refractivity contribution in [3.05, 3.63) is 42.2 Å². The van der Waals surface area contributed by atoms with Gasteiger partial charge in [0.25, 0.3) is 0 Å². The fraction of sp³-hybridized carbons (Fsp3) is 0.154. The lowest BCUT2D eigenvalue weighted by Gasteiger charge is -2.04. The second-order valence-electron chi connectivity index (χ2n) is 3.57. The number of nitrogens with zero attached hydrogens (tertiary/aromatic N) is 3. The molecular weight excluding hydrogens is 230 g/mol. The van der Waals surface area contributed by atoms with E-state index < -0.39 is 12.1 Å². The van der Waals surface area contributed by atoms with Crippen LogP contribution in [0.4, 0.5) is 0 Å². The summed E-state index contributed by atoms with van der Waals surface area (Å²) in [7, 11) is 0. The van der Waals surface area contributed by atoms with Gasteiger partial charge < -0.3 is 4.74 Å². The predicted octanol–water partition coefficient (Wildman–Crippen LogP) is 1.45. The first-order chi connectivity index (χ1) is 8.70. The first-order valence-electron chi connectivity index (χ1n) is 5.35. The summed E-state index contributed by atoms with van der Waals surface area (Å²) < 4.78 is 4.94. The standard InChI is InChI=1S/C13H11N3O2/c1-3-10(2)18-13(17)12-9-14-16(15-12)11-7-5-4-6-8-11/h1,4-10H,2H3/t10-/m1/s1. The van der Waals surface area contributed by atoms with Crippen molar-refractivity contribution in [1.82, 2.24) is 15.0 Å². The lowest BCUT2D eigenvalue weighted by molar-refractivity contribution is 0.0431. The summed E-state index contributed by atoms with van der Waals surface area (Å²) in [6, 6.07) is 9.27. The van der Waals surface area contributed by atoms with Gasteiger partial charge in [-0.1, -0.05) is 24.1 Å². The van der Waals surface area contributed by atoms with E-state index in [1.807, 2.05) is 30.3 Å². The largest absolute Gasteiger partial charge is 0.445 e. The molecule has 1 atom stereocenters. The summed E-state index contributed by atoms with van der Waals surface area (Å²) in [6.07, 6.45) is 5.89. The topological polar surface area (TPSA) is 57.0 Å². The van der Waals surface area contributed by atoms with Crippen molar-refractivity contribution >= 4 is 5.97 Å². The number of ether oxygens (including phenoxy) is 1. The maximum absolute atomic E-state index is 11.6. The number of carbonyl (C=O) groups excluding carboxylic acids is 1. The van der Waals surface area contributed by atoms with Crippen molar-refractivity contribution in [2.24, 2.45) is 0 Å². The van der Waals surface area contributed by atoms with E-state index >= 15 is 0 Å². The number of rotatable bonds is 3. The molecule has 5 nitrogen and oxygen atoms in total. The number of aromatic nitrogens is 3. The minimum Gasteiger partial charge on any atom is -0.445 e. The van der Waals surface area contributed by atoms with Gasteiger partial charge in [-0.2, -0.15) is 9.90 Å². The highest BCUT2D eigenvalue weighted by Gasteiger charge is 2.14. The van der Waals surface area contributed by atoms with Crippen LogP contribution in [0.3, 0.4) is 0 Å². The van der Waals surface area contributed by atoms with Gasteiger partial charge in [0.05, 0.1) is 11.9 Å². The van der Waals surface area contributed by atoms with Crippen LogP contribution in [0, 0.1) is 12.3 Å². The number of hydrogen-bond acceptors (Lipinski definition) is 4. The van der Waals surface area contributed by atoms with Crippen LogP contribution in [0.15, 0.2) is 36.5 Å². The first-order valence-corrected chi connectivity index (χ1v) is 5.35. The van der Waals surface area contributed by atoms with E-state index in [1.54, 1.807) is 6.92 Å². The van der Waals surface area contributed by atoms with E-state index in [0.29, 0.717) is 0 Å². The fourth-order valence-electron chi connectivity index (χ4n) is 1.30. The normalized spacial score (nSPS) is 11.6. The zero-order valence-corrected chi connectivity index (χ0v) is 9.78. The Bertz CT molecular complexity index is 584. The Hall–Kier alpha value is -2.61. The summed E-state index contributed by atoms with van der Waals surface area (Å²) >= 11 is 0. The monoisotopic (exact) mass is 241 g/mol. The summed E-state index contributed by atoms with van der Waals surface area (Å²) in [5.41, 5.74) is 0.891. The van der Waals surface area contributed by atoms with Crippen LogP contribution < -0.4 is 0 Å². The molecule has 0 bridgehead atoms. The minimum absolute atomic E-state index is 0.126. The number of benzene rings is 1. The highest BCUT2D eigenvalue weighted by atomic mass is 16.5. The van der Waals surface area contributed by atoms with Crippen LogP contribution in [0.1, 0.15) is 17.4 Å². The average molecular weight is 241 g/mol. The fourth-order valence-corrected chi connectivity index (χ4v) is 1.30. The smallest absolute Gasteiger partial charge is 0.361 e. The van der Waals surface area contributed by atoms with Gasteiger partial charge in [-0.3, -0.25) is 0 Å². The van der Waals surface area contributed by atoms with Crippen molar-refractivity contribution in [3.8, 4) is 18.0 Å². The maximum Gasteiger partial charge on any atom is 0.361 e. The van der Waals surface area contributed by atoms with Crippen LogP contribution in [0.2, 0.25) is 0 Å². The number of para-hydroxylation sites is 1. The third-order valence-corrected chi connectivity index (χ3v) is 2.21. The Morgan fingerprint density at radius 1 is 1.44 bits per heavy atom. The first kappa shape index (κ1) is 11.9. The van der Waals surface area contributed by atoms with Gasteiger partial charge in [-0.25, -0.2) is 4.79 Å². The minimum atomic E-state index is -0.584. The van der Waals surface area contributed by atoms with Crippen molar-refractivity contribution in [2.45, 2.75) is 13.0 Å². The lowest BCUT2D eigenvalue weighted by Crippen LogP contribution is -2.14. The van der Waals surface area contributed by atoms with Crippen molar-refractivity contribution in [1.29, 1.82) is 0 Å². The van der Waals surface area contributed by atoms with E-state index in [0.717, 1.165) is 5.69 Å². The van der Waals surface area contributed by atoms with Gasteiger partial charge >= 0.3 is 5.97 Å². The molecule has 2 aromatic rings. The summed E-state index contributed by atoms with van der Waals surface area (Å²) in [6.45, 7) is 1.61. The van der Waals surface area contributed by atoms with E-state index in [9.17, 15) is 4.79 Å². The molecule has 0 unspecified atom stereocenters. The number of esters is 1. The molecule has 0 amide bonds. The molecule has 0 radical (unpaired) electrons. The molecule has 0 fully saturated rings. The molecule has 5 heteroatoms. The Morgan fingerprint density at radius 3 is 2.83 bits per heavy atom. The number of terminal acetylenes is 1. The Morgan fingerprint density at radius 2 is 2.17 bits per heavy atom. The molecular formula is C13H11N3O2. The van der Waals surface area contributed by atoms with Crippen LogP contribution >= 0.6 is 0 Å². The molecule has 1 aromatic heterocycles. The Balaban J connectivity index is 2.17. The molecule has 1 aromatic carbocycles. The molecule has 2 rings (SSSR count). The third kappa shape index (κ3) is 2.55. The maximum atomic E-state index is 11.6. The highest BCUT2D eigenvalue weighted by Crippen LogP contribution is 2.05. The van der Waals surface area contributed by atoms with E-state index in [1.165, 1.54) is 11.0 Å². The Labute approximate surface area is 104 Å². The number of hydrogen-bond donors (Lipinski definition) is 0. The van der Waals surface area contributed by atoms with E-state index in [2.05, 4.69) is 16.1 Å². The highest BCUT2D eigenvalue weighted by molar-refractivity contribution is 5.87. The lowest BCUT2D eigenvalue weighted by atomic mass is 10.3. The third-order valence-electron chi connectivity index (χ3n) is 2.21. The van der Waals surface area contributed by atoms with E-state index in [-0.39, 0.29) is 5.69 Å². The van der Waals surface area contributed by atoms with Crippen molar-refractivity contribution < 1.29 is 9.53 Å². The molecule has 0 aliphatic heterocycles. The molecule has 0 saturated heterocycles. The quantitative estimate of drug-likeness (QED) is 0.602. The molecule has 90 valence electrons. The van der Waals surface area contributed by atoms with Crippen molar-refractivity contribution in [3.63, 3.8) is 0 Å². The van der Waals surface area contributed by atoms with Gasteiger partial charge in [-0.05, 0) is 19.1 Å². The molecule has 0 spiro atoms. The molecule has 0 N–H and O–H groups in total.